The third-order valence-electron chi connectivity index (χ3n) is 5.53. The minimum absolute atomic E-state index is 0.0321. The Bertz CT molecular complexity index is 369. The van der Waals surface area contributed by atoms with E-state index in [1.54, 1.807) is 0 Å². The zero-order chi connectivity index (χ0) is 14.8. The summed E-state index contributed by atoms with van der Waals surface area (Å²) in [5.41, 5.74) is 0. The molecule has 1 amide bonds. The van der Waals surface area contributed by atoms with Gasteiger partial charge in [-0.05, 0) is 33.2 Å². The molecule has 3 fully saturated rings. The third kappa shape index (κ3) is 3.25. The Labute approximate surface area is 128 Å². The summed E-state index contributed by atoms with van der Waals surface area (Å²) in [5, 5.41) is 3.36. The number of hydrogen-bond acceptors (Lipinski definition) is 4. The summed E-state index contributed by atoms with van der Waals surface area (Å²) in [4.78, 5) is 20.0. The topological polar surface area (TPSA) is 38.8 Å². The second kappa shape index (κ2) is 6.63. The fourth-order valence-corrected chi connectivity index (χ4v) is 4.12. The number of nitrogens with one attached hydrogen (secondary N) is 1. The highest BCUT2D eigenvalue weighted by Gasteiger charge is 2.37. The van der Waals surface area contributed by atoms with E-state index < -0.39 is 0 Å². The Kier molecular flexibility index (Phi) is 4.82. The number of rotatable bonds is 2. The fourth-order valence-electron chi connectivity index (χ4n) is 4.12. The summed E-state index contributed by atoms with van der Waals surface area (Å²) >= 11 is 0. The van der Waals surface area contributed by atoms with Gasteiger partial charge in [0.15, 0.2) is 0 Å². The van der Waals surface area contributed by atoms with Crippen molar-refractivity contribution < 1.29 is 4.79 Å². The Morgan fingerprint density at radius 2 is 1.90 bits per heavy atom. The van der Waals surface area contributed by atoms with Gasteiger partial charge in [-0.3, -0.25) is 14.6 Å². The molecule has 0 aromatic carbocycles. The molecule has 0 aromatic rings. The van der Waals surface area contributed by atoms with Gasteiger partial charge < -0.3 is 10.2 Å². The average Bonchev–Trinajstić information content (AvgIpc) is 2.53. The molecule has 3 rings (SSSR count). The molecule has 3 aliphatic rings. The van der Waals surface area contributed by atoms with E-state index in [4.69, 9.17) is 0 Å². The highest BCUT2D eigenvalue weighted by Crippen LogP contribution is 2.25. The first-order chi connectivity index (χ1) is 10.2. The smallest absolute Gasteiger partial charge is 0.239 e. The number of fused-ring (bicyclic) bond motifs is 1. The van der Waals surface area contributed by atoms with Crippen LogP contribution in [0.15, 0.2) is 0 Å². The largest absolute Gasteiger partial charge is 0.336 e. The minimum atomic E-state index is 0.0321. The van der Waals surface area contributed by atoms with E-state index >= 15 is 0 Å². The van der Waals surface area contributed by atoms with Gasteiger partial charge in [-0.25, -0.2) is 0 Å². The van der Waals surface area contributed by atoms with Crippen LogP contribution in [-0.4, -0.2) is 84.5 Å². The maximum absolute atomic E-state index is 12.9. The van der Waals surface area contributed by atoms with Crippen molar-refractivity contribution in [3.63, 3.8) is 0 Å². The van der Waals surface area contributed by atoms with Gasteiger partial charge in [0, 0.05) is 51.4 Å². The summed E-state index contributed by atoms with van der Waals surface area (Å²) in [6.45, 7) is 11.5. The molecule has 120 valence electrons. The van der Waals surface area contributed by atoms with Crippen LogP contribution < -0.4 is 5.32 Å². The molecule has 3 atom stereocenters. The number of carbonyl (C=O) groups is 1. The van der Waals surface area contributed by atoms with Crippen LogP contribution in [0.25, 0.3) is 0 Å². The van der Waals surface area contributed by atoms with Crippen LogP contribution in [0.3, 0.4) is 0 Å². The number of piperazine rings is 2. The third-order valence-corrected chi connectivity index (χ3v) is 5.53. The van der Waals surface area contributed by atoms with Gasteiger partial charge in [0.2, 0.25) is 5.91 Å². The lowest BCUT2D eigenvalue weighted by molar-refractivity contribution is -0.143. The summed E-state index contributed by atoms with van der Waals surface area (Å²) in [5.74, 6) is 0.342. The quantitative estimate of drug-likeness (QED) is 0.798. The predicted octanol–water partition coefficient (Wildman–Crippen LogP) is 0.365. The van der Waals surface area contributed by atoms with Crippen LogP contribution in [0.5, 0.6) is 0 Å². The Balaban J connectivity index is 1.62. The van der Waals surface area contributed by atoms with Gasteiger partial charge in [-0.1, -0.05) is 6.42 Å². The van der Waals surface area contributed by atoms with Crippen LogP contribution >= 0.6 is 0 Å². The number of nitrogens with zero attached hydrogens (tertiary/aromatic N) is 3. The molecule has 0 aliphatic carbocycles. The maximum atomic E-state index is 12.9. The van der Waals surface area contributed by atoms with Gasteiger partial charge in [-0.2, -0.15) is 0 Å². The van der Waals surface area contributed by atoms with Crippen LogP contribution in [0.4, 0.5) is 0 Å². The van der Waals surface area contributed by atoms with E-state index in [1.807, 2.05) is 0 Å². The van der Waals surface area contributed by atoms with Crippen molar-refractivity contribution >= 4 is 5.91 Å². The minimum Gasteiger partial charge on any atom is -0.336 e. The molecule has 3 aliphatic heterocycles. The van der Waals surface area contributed by atoms with Gasteiger partial charge in [0.25, 0.3) is 0 Å². The zero-order valence-corrected chi connectivity index (χ0v) is 13.6. The van der Waals surface area contributed by atoms with E-state index in [9.17, 15) is 4.79 Å². The fraction of sp³-hybridized carbons (Fsp3) is 0.938. The van der Waals surface area contributed by atoms with Crippen LogP contribution in [0, 0.1) is 0 Å². The lowest BCUT2D eigenvalue weighted by atomic mass is 9.96. The van der Waals surface area contributed by atoms with Crippen molar-refractivity contribution in [2.45, 2.75) is 51.2 Å². The molecule has 0 aromatic heterocycles. The van der Waals surface area contributed by atoms with E-state index in [2.05, 4.69) is 33.9 Å². The summed E-state index contributed by atoms with van der Waals surface area (Å²) < 4.78 is 0. The van der Waals surface area contributed by atoms with Gasteiger partial charge in [0.1, 0.15) is 0 Å². The second-order valence-corrected chi connectivity index (χ2v) is 6.95. The predicted molar refractivity (Wildman–Crippen MR) is 84.3 cm³/mol. The van der Waals surface area contributed by atoms with Crippen molar-refractivity contribution in [1.82, 2.24) is 20.0 Å². The molecule has 5 heteroatoms. The summed E-state index contributed by atoms with van der Waals surface area (Å²) in [7, 11) is 0. The number of amides is 1. The number of hydrogen-bond donors (Lipinski definition) is 1. The second-order valence-electron chi connectivity index (χ2n) is 6.95. The summed E-state index contributed by atoms with van der Waals surface area (Å²) in [6.07, 6.45) is 3.91. The van der Waals surface area contributed by atoms with E-state index in [1.165, 1.54) is 25.8 Å². The molecule has 3 unspecified atom stereocenters. The molecule has 0 spiro atoms. The Hall–Kier alpha value is -0.650. The van der Waals surface area contributed by atoms with Crippen LogP contribution in [-0.2, 0) is 4.79 Å². The SMILES string of the molecule is CC(C(=O)N1CC2CCCCN2CC1C)N1CCNCC1. The van der Waals surface area contributed by atoms with Gasteiger partial charge in [-0.15, -0.1) is 0 Å². The van der Waals surface area contributed by atoms with E-state index in [0.29, 0.717) is 18.0 Å². The normalized spacial score (nSPS) is 33.5. The molecule has 3 saturated heterocycles. The Morgan fingerprint density at radius 1 is 1.14 bits per heavy atom. The van der Waals surface area contributed by atoms with Crippen molar-refractivity contribution in [3.8, 4) is 0 Å². The van der Waals surface area contributed by atoms with E-state index in [0.717, 1.165) is 39.3 Å². The first-order valence-corrected chi connectivity index (χ1v) is 8.66. The van der Waals surface area contributed by atoms with Gasteiger partial charge >= 0.3 is 0 Å². The molecular weight excluding hydrogens is 264 g/mol. The van der Waals surface area contributed by atoms with Crippen molar-refractivity contribution in [3.05, 3.63) is 0 Å². The van der Waals surface area contributed by atoms with Crippen molar-refractivity contribution in [2.75, 3.05) is 45.8 Å². The number of piperidine rings is 1. The molecule has 5 nitrogen and oxygen atoms in total. The maximum Gasteiger partial charge on any atom is 0.239 e. The molecule has 0 bridgehead atoms. The molecular formula is C16H30N4O. The number of carbonyl (C=O) groups excluding carboxylic acids is 1. The molecule has 21 heavy (non-hydrogen) atoms. The molecule has 0 radical (unpaired) electrons. The monoisotopic (exact) mass is 294 g/mol. The molecule has 3 heterocycles. The van der Waals surface area contributed by atoms with Crippen molar-refractivity contribution in [2.24, 2.45) is 0 Å². The molecule has 1 N–H and O–H groups in total. The Morgan fingerprint density at radius 3 is 2.67 bits per heavy atom. The lowest BCUT2D eigenvalue weighted by Gasteiger charge is -2.48. The zero-order valence-electron chi connectivity index (χ0n) is 13.6. The highest BCUT2D eigenvalue weighted by molar-refractivity contribution is 5.82. The van der Waals surface area contributed by atoms with Crippen molar-refractivity contribution in [1.29, 1.82) is 0 Å². The van der Waals surface area contributed by atoms with E-state index in [-0.39, 0.29) is 6.04 Å². The first-order valence-electron chi connectivity index (χ1n) is 8.66. The summed E-state index contributed by atoms with van der Waals surface area (Å²) in [6, 6.07) is 0.996. The van der Waals surface area contributed by atoms with Gasteiger partial charge in [0.05, 0.1) is 6.04 Å². The lowest BCUT2D eigenvalue weighted by Crippen LogP contribution is -2.63. The van der Waals surface area contributed by atoms with Crippen LogP contribution in [0.1, 0.15) is 33.1 Å². The highest BCUT2D eigenvalue weighted by atomic mass is 16.2. The standard InChI is InChI=1S/C16H30N4O/c1-13-11-19-8-4-3-5-15(19)12-20(13)16(21)14(2)18-9-6-17-7-10-18/h13-15,17H,3-12H2,1-2H3. The average molecular weight is 294 g/mol. The first kappa shape index (κ1) is 15.3. The molecule has 0 saturated carbocycles. The van der Waals surface area contributed by atoms with Crippen LogP contribution in [0.2, 0.25) is 0 Å².